The van der Waals surface area contributed by atoms with Crippen molar-refractivity contribution in [1.82, 2.24) is 9.97 Å². The maximum Gasteiger partial charge on any atom is 0.137 e. The molecule has 0 saturated heterocycles. The van der Waals surface area contributed by atoms with Gasteiger partial charge >= 0.3 is 0 Å². The van der Waals surface area contributed by atoms with Crippen molar-refractivity contribution in [2.75, 3.05) is 18.5 Å². The summed E-state index contributed by atoms with van der Waals surface area (Å²) in [5.74, 6) is 1.60. The van der Waals surface area contributed by atoms with E-state index in [4.69, 9.17) is 16.3 Å². The normalized spacial score (nSPS) is 10.1. The molecule has 4 nitrogen and oxygen atoms in total. The van der Waals surface area contributed by atoms with Gasteiger partial charge in [0.05, 0.1) is 6.54 Å². The SMILES string of the molecule is Cc1c(Cl)ncnc1NCCOc1ccccc1. The fourth-order valence-electron chi connectivity index (χ4n) is 1.46. The van der Waals surface area contributed by atoms with Crippen LogP contribution in [-0.2, 0) is 0 Å². The second-order valence-electron chi connectivity index (χ2n) is 3.73. The van der Waals surface area contributed by atoms with Gasteiger partial charge in [-0.25, -0.2) is 9.97 Å². The van der Waals surface area contributed by atoms with E-state index in [2.05, 4.69) is 15.3 Å². The van der Waals surface area contributed by atoms with Crippen LogP contribution in [0, 0.1) is 6.92 Å². The molecule has 0 atom stereocenters. The molecule has 0 aliphatic rings. The van der Waals surface area contributed by atoms with Crippen molar-refractivity contribution in [1.29, 1.82) is 0 Å². The molecule has 0 radical (unpaired) electrons. The highest BCUT2D eigenvalue weighted by Gasteiger charge is 2.03. The molecule has 5 heteroatoms. The third-order valence-electron chi connectivity index (χ3n) is 2.43. The van der Waals surface area contributed by atoms with Gasteiger partial charge in [0.25, 0.3) is 0 Å². The zero-order chi connectivity index (χ0) is 12.8. The van der Waals surface area contributed by atoms with Gasteiger partial charge in [-0.15, -0.1) is 0 Å². The molecule has 18 heavy (non-hydrogen) atoms. The Morgan fingerprint density at radius 2 is 2.00 bits per heavy atom. The standard InChI is InChI=1S/C13H14ClN3O/c1-10-12(14)16-9-17-13(10)15-7-8-18-11-5-3-2-4-6-11/h2-6,9H,7-8H2,1H3,(H,15,16,17). The van der Waals surface area contributed by atoms with Crippen molar-refractivity contribution in [3.8, 4) is 5.75 Å². The number of anilines is 1. The fraction of sp³-hybridized carbons (Fsp3) is 0.231. The van der Waals surface area contributed by atoms with Gasteiger partial charge < -0.3 is 10.1 Å². The molecule has 0 saturated carbocycles. The highest BCUT2D eigenvalue weighted by Crippen LogP contribution is 2.17. The summed E-state index contributed by atoms with van der Waals surface area (Å²) >= 11 is 5.90. The molecular weight excluding hydrogens is 250 g/mol. The maximum atomic E-state index is 5.90. The lowest BCUT2D eigenvalue weighted by molar-refractivity contribution is 0.332. The molecule has 1 aromatic heterocycles. The lowest BCUT2D eigenvalue weighted by atomic mass is 10.3. The van der Waals surface area contributed by atoms with E-state index in [1.54, 1.807) is 0 Å². The minimum absolute atomic E-state index is 0.469. The molecule has 0 aliphatic heterocycles. The number of aromatic nitrogens is 2. The van der Waals surface area contributed by atoms with Gasteiger partial charge in [-0.2, -0.15) is 0 Å². The highest BCUT2D eigenvalue weighted by molar-refractivity contribution is 6.30. The zero-order valence-electron chi connectivity index (χ0n) is 10.1. The monoisotopic (exact) mass is 263 g/mol. The van der Waals surface area contributed by atoms with Crippen molar-refractivity contribution in [3.05, 3.63) is 47.4 Å². The first-order chi connectivity index (χ1) is 8.77. The van der Waals surface area contributed by atoms with Crippen LogP contribution in [0.25, 0.3) is 0 Å². The number of ether oxygens (including phenoxy) is 1. The average Bonchev–Trinajstić information content (AvgIpc) is 2.40. The van der Waals surface area contributed by atoms with Gasteiger partial charge in [-0.1, -0.05) is 29.8 Å². The molecule has 0 aliphatic carbocycles. The Morgan fingerprint density at radius 1 is 1.22 bits per heavy atom. The first kappa shape index (κ1) is 12.6. The van der Waals surface area contributed by atoms with Crippen molar-refractivity contribution < 1.29 is 4.74 Å². The van der Waals surface area contributed by atoms with E-state index in [9.17, 15) is 0 Å². The maximum absolute atomic E-state index is 5.90. The fourth-order valence-corrected chi connectivity index (χ4v) is 1.60. The second-order valence-corrected chi connectivity index (χ2v) is 4.08. The van der Waals surface area contributed by atoms with E-state index in [1.165, 1.54) is 6.33 Å². The van der Waals surface area contributed by atoms with Gasteiger partial charge in [-0.05, 0) is 19.1 Å². The predicted molar refractivity (Wildman–Crippen MR) is 72.2 cm³/mol. The Hall–Kier alpha value is -1.81. The quantitative estimate of drug-likeness (QED) is 0.666. The van der Waals surface area contributed by atoms with Crippen molar-refractivity contribution in [3.63, 3.8) is 0 Å². The molecule has 0 bridgehead atoms. The van der Waals surface area contributed by atoms with Crippen LogP contribution < -0.4 is 10.1 Å². The smallest absolute Gasteiger partial charge is 0.137 e. The minimum Gasteiger partial charge on any atom is -0.492 e. The van der Waals surface area contributed by atoms with Crippen LogP contribution >= 0.6 is 11.6 Å². The van der Waals surface area contributed by atoms with E-state index >= 15 is 0 Å². The van der Waals surface area contributed by atoms with Crippen molar-refractivity contribution >= 4 is 17.4 Å². The van der Waals surface area contributed by atoms with Crippen LogP contribution in [0.5, 0.6) is 5.75 Å². The van der Waals surface area contributed by atoms with E-state index in [0.29, 0.717) is 18.3 Å². The number of nitrogens with zero attached hydrogens (tertiary/aromatic N) is 2. The molecule has 1 aromatic carbocycles. The second kappa shape index (κ2) is 6.21. The molecule has 0 unspecified atom stereocenters. The van der Waals surface area contributed by atoms with Crippen LogP contribution in [0.15, 0.2) is 36.7 Å². The third-order valence-corrected chi connectivity index (χ3v) is 2.81. The summed E-state index contributed by atoms with van der Waals surface area (Å²) in [6.45, 7) is 3.09. The first-order valence-electron chi connectivity index (χ1n) is 5.66. The Labute approximate surface area is 111 Å². The van der Waals surface area contributed by atoms with Crippen LogP contribution in [0.1, 0.15) is 5.56 Å². The summed E-state index contributed by atoms with van der Waals surface area (Å²) in [5.41, 5.74) is 0.846. The Bertz CT molecular complexity index is 505. The van der Waals surface area contributed by atoms with Gasteiger partial charge in [0, 0.05) is 5.56 Å². The summed E-state index contributed by atoms with van der Waals surface area (Å²) in [6, 6.07) is 9.69. The number of benzene rings is 1. The van der Waals surface area contributed by atoms with E-state index in [-0.39, 0.29) is 0 Å². The van der Waals surface area contributed by atoms with E-state index in [1.807, 2.05) is 37.3 Å². The first-order valence-corrected chi connectivity index (χ1v) is 6.04. The molecule has 1 heterocycles. The molecule has 0 amide bonds. The third kappa shape index (κ3) is 3.34. The van der Waals surface area contributed by atoms with Gasteiger partial charge in [0.2, 0.25) is 0 Å². The minimum atomic E-state index is 0.469. The molecule has 1 N–H and O–H groups in total. The number of hydrogen-bond acceptors (Lipinski definition) is 4. The highest BCUT2D eigenvalue weighted by atomic mass is 35.5. The lowest BCUT2D eigenvalue weighted by Crippen LogP contribution is -2.13. The topological polar surface area (TPSA) is 47.0 Å². The summed E-state index contributed by atoms with van der Waals surface area (Å²) in [5, 5.41) is 3.63. The van der Waals surface area contributed by atoms with Gasteiger partial charge in [0.15, 0.2) is 0 Å². The van der Waals surface area contributed by atoms with Gasteiger partial charge in [-0.3, -0.25) is 0 Å². The van der Waals surface area contributed by atoms with E-state index < -0.39 is 0 Å². The van der Waals surface area contributed by atoms with Crippen molar-refractivity contribution in [2.24, 2.45) is 0 Å². The molecular formula is C13H14ClN3O. The lowest BCUT2D eigenvalue weighted by Gasteiger charge is -2.09. The van der Waals surface area contributed by atoms with Crippen molar-refractivity contribution in [2.45, 2.75) is 6.92 Å². The van der Waals surface area contributed by atoms with Crippen LogP contribution in [0.3, 0.4) is 0 Å². The zero-order valence-corrected chi connectivity index (χ0v) is 10.8. The molecule has 2 rings (SSSR count). The Kier molecular flexibility index (Phi) is 4.36. The molecule has 0 spiro atoms. The number of halogens is 1. The number of hydrogen-bond donors (Lipinski definition) is 1. The molecule has 94 valence electrons. The number of rotatable bonds is 5. The van der Waals surface area contributed by atoms with Crippen LogP contribution in [0.2, 0.25) is 5.15 Å². The molecule has 2 aromatic rings. The van der Waals surface area contributed by atoms with Crippen LogP contribution in [0.4, 0.5) is 5.82 Å². The average molecular weight is 264 g/mol. The van der Waals surface area contributed by atoms with Gasteiger partial charge in [0.1, 0.15) is 29.7 Å². The summed E-state index contributed by atoms with van der Waals surface area (Å²) < 4.78 is 5.56. The largest absolute Gasteiger partial charge is 0.492 e. The summed E-state index contributed by atoms with van der Waals surface area (Å²) in [7, 11) is 0. The predicted octanol–water partition coefficient (Wildman–Crippen LogP) is 2.93. The summed E-state index contributed by atoms with van der Waals surface area (Å²) in [4.78, 5) is 8.02. The Morgan fingerprint density at radius 3 is 2.78 bits per heavy atom. The van der Waals surface area contributed by atoms with E-state index in [0.717, 1.165) is 17.1 Å². The Balaban J connectivity index is 1.81. The number of nitrogens with one attached hydrogen (secondary N) is 1. The summed E-state index contributed by atoms with van der Waals surface area (Å²) in [6.07, 6.45) is 1.44. The number of para-hydroxylation sites is 1. The molecule has 0 fully saturated rings. The van der Waals surface area contributed by atoms with Crippen LogP contribution in [-0.4, -0.2) is 23.1 Å².